The van der Waals surface area contributed by atoms with Gasteiger partial charge in [-0.3, -0.25) is 0 Å². The van der Waals surface area contributed by atoms with Gasteiger partial charge in [0.1, 0.15) is 11.6 Å². The van der Waals surface area contributed by atoms with Crippen molar-refractivity contribution in [2.75, 3.05) is 32.7 Å². The number of rotatable bonds is 7. The van der Waals surface area contributed by atoms with Gasteiger partial charge < -0.3 is 14.8 Å². The molecule has 0 bridgehead atoms. The number of ether oxygens (including phenoxy) is 2. The molecule has 108 valence electrons. The summed E-state index contributed by atoms with van der Waals surface area (Å²) >= 11 is 6.11. The first-order valence-corrected chi connectivity index (χ1v) is 6.98. The van der Waals surface area contributed by atoms with E-state index in [1.165, 1.54) is 0 Å². The van der Waals surface area contributed by atoms with Gasteiger partial charge in [0, 0.05) is 30.6 Å². The van der Waals surface area contributed by atoms with Crippen molar-refractivity contribution >= 4 is 28.2 Å². The first kappa shape index (κ1) is 14.9. The zero-order valence-electron chi connectivity index (χ0n) is 11.7. The number of anilines is 1. The maximum atomic E-state index is 6.11. The molecular weight excluding hydrogens is 276 g/mol. The first-order valence-electron chi connectivity index (χ1n) is 6.55. The molecule has 0 spiro atoms. The number of methoxy groups -OCH3 is 2. The Morgan fingerprint density at radius 2 is 2.10 bits per heavy atom. The topological polar surface area (TPSA) is 43.4 Å². The molecule has 0 amide bonds. The summed E-state index contributed by atoms with van der Waals surface area (Å²) in [6.45, 7) is 1.31. The second kappa shape index (κ2) is 7.31. The minimum atomic E-state index is 0.0111. The molecule has 1 unspecified atom stereocenters. The summed E-state index contributed by atoms with van der Waals surface area (Å²) in [6.07, 6.45) is 2.60. The fourth-order valence-corrected chi connectivity index (χ4v) is 2.34. The van der Waals surface area contributed by atoms with Crippen LogP contribution in [0.3, 0.4) is 0 Å². The maximum Gasteiger partial charge on any atom is 0.133 e. The Kier molecular flexibility index (Phi) is 5.44. The van der Waals surface area contributed by atoms with E-state index in [1.54, 1.807) is 20.4 Å². The highest BCUT2D eigenvalue weighted by molar-refractivity contribution is 6.20. The van der Waals surface area contributed by atoms with Crippen molar-refractivity contribution in [3.8, 4) is 5.75 Å². The SMILES string of the molecule is COCC(Cl)CCNc1nccc2c(OC)cccc12. The molecule has 5 heteroatoms. The zero-order valence-corrected chi connectivity index (χ0v) is 12.5. The fourth-order valence-electron chi connectivity index (χ4n) is 2.11. The molecule has 0 radical (unpaired) electrons. The van der Waals surface area contributed by atoms with Gasteiger partial charge >= 0.3 is 0 Å². The highest BCUT2D eigenvalue weighted by Gasteiger charge is 2.07. The number of alkyl halides is 1. The smallest absolute Gasteiger partial charge is 0.133 e. The summed E-state index contributed by atoms with van der Waals surface area (Å²) in [4.78, 5) is 4.38. The maximum absolute atomic E-state index is 6.11. The minimum absolute atomic E-state index is 0.0111. The summed E-state index contributed by atoms with van der Waals surface area (Å²) < 4.78 is 10.4. The second-order valence-electron chi connectivity index (χ2n) is 4.48. The first-order chi connectivity index (χ1) is 9.76. The van der Waals surface area contributed by atoms with E-state index in [4.69, 9.17) is 21.1 Å². The largest absolute Gasteiger partial charge is 0.496 e. The lowest BCUT2D eigenvalue weighted by atomic mass is 10.1. The van der Waals surface area contributed by atoms with Crippen molar-refractivity contribution in [2.45, 2.75) is 11.8 Å². The van der Waals surface area contributed by atoms with Gasteiger partial charge in [-0.2, -0.15) is 0 Å². The van der Waals surface area contributed by atoms with Crippen molar-refractivity contribution in [3.05, 3.63) is 30.5 Å². The molecule has 1 atom stereocenters. The van der Waals surface area contributed by atoms with E-state index in [0.717, 1.165) is 35.3 Å². The van der Waals surface area contributed by atoms with Crippen molar-refractivity contribution in [2.24, 2.45) is 0 Å². The molecule has 0 aliphatic rings. The molecule has 0 saturated carbocycles. The Morgan fingerprint density at radius 1 is 1.25 bits per heavy atom. The van der Waals surface area contributed by atoms with Crippen molar-refractivity contribution in [1.82, 2.24) is 4.98 Å². The molecule has 0 saturated heterocycles. The molecule has 1 aromatic heterocycles. The van der Waals surface area contributed by atoms with Crippen LogP contribution in [0.15, 0.2) is 30.5 Å². The lowest BCUT2D eigenvalue weighted by molar-refractivity contribution is 0.196. The zero-order chi connectivity index (χ0) is 14.4. The number of aromatic nitrogens is 1. The van der Waals surface area contributed by atoms with E-state index in [1.807, 2.05) is 24.3 Å². The van der Waals surface area contributed by atoms with Crippen LogP contribution in [0.4, 0.5) is 5.82 Å². The lowest BCUT2D eigenvalue weighted by Crippen LogP contribution is -2.14. The molecule has 20 heavy (non-hydrogen) atoms. The van der Waals surface area contributed by atoms with Crippen LogP contribution in [0.25, 0.3) is 10.8 Å². The Labute approximate surface area is 124 Å². The third-order valence-electron chi connectivity index (χ3n) is 3.08. The minimum Gasteiger partial charge on any atom is -0.496 e. The normalized spacial score (nSPS) is 12.3. The van der Waals surface area contributed by atoms with E-state index in [2.05, 4.69) is 10.3 Å². The van der Waals surface area contributed by atoms with E-state index in [9.17, 15) is 0 Å². The van der Waals surface area contributed by atoms with Crippen LogP contribution in [0, 0.1) is 0 Å². The monoisotopic (exact) mass is 294 g/mol. The molecule has 2 aromatic rings. The van der Waals surface area contributed by atoms with E-state index in [-0.39, 0.29) is 5.38 Å². The van der Waals surface area contributed by atoms with Gasteiger partial charge in [0.15, 0.2) is 0 Å². The third kappa shape index (κ3) is 3.52. The molecule has 4 nitrogen and oxygen atoms in total. The number of hydrogen-bond acceptors (Lipinski definition) is 4. The molecule has 0 fully saturated rings. The van der Waals surface area contributed by atoms with Crippen LogP contribution in [0.1, 0.15) is 6.42 Å². The summed E-state index contributed by atoms with van der Waals surface area (Å²) in [7, 11) is 3.33. The molecule has 1 heterocycles. The molecule has 1 aromatic carbocycles. The molecule has 1 N–H and O–H groups in total. The summed E-state index contributed by atoms with van der Waals surface area (Å²) in [5, 5.41) is 5.43. The van der Waals surface area contributed by atoms with Gasteiger partial charge in [0.25, 0.3) is 0 Å². The van der Waals surface area contributed by atoms with Crippen LogP contribution < -0.4 is 10.1 Å². The number of halogens is 1. The van der Waals surface area contributed by atoms with E-state index >= 15 is 0 Å². The molecular formula is C15H19ClN2O2. The average Bonchev–Trinajstić information content (AvgIpc) is 2.47. The Hall–Kier alpha value is -1.52. The number of benzene rings is 1. The third-order valence-corrected chi connectivity index (χ3v) is 3.43. The number of nitrogens with one attached hydrogen (secondary N) is 1. The number of fused-ring (bicyclic) bond motifs is 1. The van der Waals surface area contributed by atoms with E-state index < -0.39 is 0 Å². The van der Waals surface area contributed by atoms with Crippen LogP contribution in [-0.2, 0) is 4.74 Å². The highest BCUT2D eigenvalue weighted by Crippen LogP contribution is 2.28. The summed E-state index contributed by atoms with van der Waals surface area (Å²) in [5.74, 6) is 1.70. The number of hydrogen-bond donors (Lipinski definition) is 1. The van der Waals surface area contributed by atoms with Crippen LogP contribution >= 0.6 is 11.6 Å². The lowest BCUT2D eigenvalue weighted by Gasteiger charge is -2.12. The van der Waals surface area contributed by atoms with Crippen molar-refractivity contribution < 1.29 is 9.47 Å². The van der Waals surface area contributed by atoms with Crippen LogP contribution in [-0.4, -0.2) is 37.7 Å². The number of pyridine rings is 1. The molecule has 2 rings (SSSR count). The molecule has 0 aliphatic carbocycles. The van der Waals surface area contributed by atoms with Gasteiger partial charge in [0.05, 0.1) is 19.1 Å². The standard InChI is InChI=1S/C15H19ClN2O2/c1-19-10-11(16)6-8-17-15-13-4-3-5-14(20-2)12(13)7-9-18-15/h3-5,7,9,11H,6,8,10H2,1-2H3,(H,17,18). The summed E-state index contributed by atoms with van der Waals surface area (Å²) in [5.41, 5.74) is 0. The highest BCUT2D eigenvalue weighted by atomic mass is 35.5. The van der Waals surface area contributed by atoms with E-state index in [0.29, 0.717) is 6.61 Å². The second-order valence-corrected chi connectivity index (χ2v) is 5.10. The molecule has 0 aliphatic heterocycles. The number of nitrogens with zero attached hydrogens (tertiary/aromatic N) is 1. The fraction of sp³-hybridized carbons (Fsp3) is 0.400. The van der Waals surface area contributed by atoms with Gasteiger partial charge in [-0.25, -0.2) is 4.98 Å². The van der Waals surface area contributed by atoms with Gasteiger partial charge in [-0.05, 0) is 18.6 Å². The Balaban J connectivity index is 2.10. The predicted molar refractivity (Wildman–Crippen MR) is 82.9 cm³/mol. The van der Waals surface area contributed by atoms with Gasteiger partial charge in [-0.1, -0.05) is 12.1 Å². The van der Waals surface area contributed by atoms with Crippen LogP contribution in [0.5, 0.6) is 5.75 Å². The van der Waals surface area contributed by atoms with Crippen LogP contribution in [0.2, 0.25) is 0 Å². The average molecular weight is 295 g/mol. The summed E-state index contributed by atoms with van der Waals surface area (Å²) in [6, 6.07) is 7.89. The van der Waals surface area contributed by atoms with Gasteiger partial charge in [-0.15, -0.1) is 11.6 Å². The van der Waals surface area contributed by atoms with Gasteiger partial charge in [0.2, 0.25) is 0 Å². The quantitative estimate of drug-likeness (QED) is 0.796. The predicted octanol–water partition coefficient (Wildman–Crippen LogP) is 3.30. The van der Waals surface area contributed by atoms with Crippen molar-refractivity contribution in [3.63, 3.8) is 0 Å². The van der Waals surface area contributed by atoms with Crippen molar-refractivity contribution in [1.29, 1.82) is 0 Å². The Morgan fingerprint density at radius 3 is 2.85 bits per heavy atom. The Bertz CT molecular complexity index is 563.